The van der Waals surface area contributed by atoms with Gasteiger partial charge in [0, 0.05) is 9.35 Å². The Bertz CT molecular complexity index is 989. The van der Waals surface area contributed by atoms with E-state index in [-0.39, 0.29) is 5.82 Å². The molecule has 8 heteroatoms. The van der Waals surface area contributed by atoms with Crippen LogP contribution in [-0.4, -0.2) is 18.9 Å². The Kier molecular flexibility index (Phi) is 5.88. The largest absolute Gasteiger partial charge is 0.497 e. The molecule has 3 rings (SSSR count). The van der Waals surface area contributed by atoms with Gasteiger partial charge in [-0.05, 0) is 64.0 Å². The molecular formula is C19H14BrFN2O3S. The molecule has 0 aliphatic carbocycles. The Balaban J connectivity index is 1.66. The Labute approximate surface area is 167 Å². The van der Waals surface area contributed by atoms with Crippen molar-refractivity contribution < 1.29 is 18.7 Å². The van der Waals surface area contributed by atoms with Crippen LogP contribution in [-0.2, 0) is 0 Å². The SMILES string of the molecule is COc1ccc(Br)c(C(=O)NNC(=O)c2ccc(-c3ccc(F)cc3)s2)c1. The molecule has 138 valence electrons. The second kappa shape index (κ2) is 8.32. The zero-order valence-electron chi connectivity index (χ0n) is 14.1. The van der Waals surface area contributed by atoms with Crippen LogP contribution in [0.5, 0.6) is 5.75 Å². The lowest BCUT2D eigenvalue weighted by molar-refractivity contribution is 0.0848. The van der Waals surface area contributed by atoms with E-state index in [0.717, 1.165) is 10.4 Å². The van der Waals surface area contributed by atoms with Crippen LogP contribution in [0.4, 0.5) is 4.39 Å². The summed E-state index contributed by atoms with van der Waals surface area (Å²) < 4.78 is 18.7. The van der Waals surface area contributed by atoms with Crippen LogP contribution in [0.1, 0.15) is 20.0 Å². The predicted molar refractivity (Wildman–Crippen MR) is 105 cm³/mol. The fourth-order valence-corrected chi connectivity index (χ4v) is 3.61. The van der Waals surface area contributed by atoms with Crippen molar-refractivity contribution >= 4 is 39.1 Å². The molecule has 1 aromatic heterocycles. The third kappa shape index (κ3) is 4.53. The van der Waals surface area contributed by atoms with Gasteiger partial charge in [0.25, 0.3) is 11.8 Å². The van der Waals surface area contributed by atoms with Crippen LogP contribution in [0.25, 0.3) is 10.4 Å². The molecule has 2 amide bonds. The molecule has 0 radical (unpaired) electrons. The van der Waals surface area contributed by atoms with E-state index in [9.17, 15) is 14.0 Å². The smallest absolute Gasteiger partial charge is 0.279 e. The maximum atomic E-state index is 13.0. The van der Waals surface area contributed by atoms with Crippen LogP contribution >= 0.6 is 27.3 Å². The molecule has 0 atom stereocenters. The van der Waals surface area contributed by atoms with Crippen LogP contribution in [0, 0.1) is 5.82 Å². The van der Waals surface area contributed by atoms with E-state index in [1.165, 1.54) is 30.6 Å². The average Bonchev–Trinajstić information content (AvgIpc) is 3.17. The molecule has 0 fully saturated rings. The van der Waals surface area contributed by atoms with Gasteiger partial charge in [-0.25, -0.2) is 4.39 Å². The number of halogens is 2. The molecular weight excluding hydrogens is 435 g/mol. The van der Waals surface area contributed by atoms with Gasteiger partial charge in [0.05, 0.1) is 17.6 Å². The number of hydrazine groups is 1. The Morgan fingerprint density at radius 3 is 2.41 bits per heavy atom. The van der Waals surface area contributed by atoms with Crippen molar-refractivity contribution in [2.45, 2.75) is 0 Å². The van der Waals surface area contributed by atoms with Crippen molar-refractivity contribution in [2.24, 2.45) is 0 Å². The van der Waals surface area contributed by atoms with E-state index in [1.54, 1.807) is 42.5 Å². The number of methoxy groups -OCH3 is 1. The monoisotopic (exact) mass is 448 g/mol. The van der Waals surface area contributed by atoms with E-state index >= 15 is 0 Å². The number of rotatable bonds is 4. The van der Waals surface area contributed by atoms with Gasteiger partial charge in [-0.15, -0.1) is 11.3 Å². The summed E-state index contributed by atoms with van der Waals surface area (Å²) in [6, 6.07) is 14.4. The fraction of sp³-hybridized carbons (Fsp3) is 0.0526. The first kappa shape index (κ1) is 19.1. The third-order valence-electron chi connectivity index (χ3n) is 3.67. The van der Waals surface area contributed by atoms with Crippen LogP contribution in [0.15, 0.2) is 59.1 Å². The second-order valence-corrected chi connectivity index (χ2v) is 7.36. The third-order valence-corrected chi connectivity index (χ3v) is 5.49. The highest BCUT2D eigenvalue weighted by atomic mass is 79.9. The molecule has 0 saturated carbocycles. The zero-order valence-corrected chi connectivity index (χ0v) is 16.5. The first-order valence-electron chi connectivity index (χ1n) is 7.78. The van der Waals surface area contributed by atoms with Gasteiger partial charge in [0.1, 0.15) is 11.6 Å². The number of thiophene rings is 1. The lowest BCUT2D eigenvalue weighted by Crippen LogP contribution is -2.41. The molecule has 2 aromatic carbocycles. The zero-order chi connectivity index (χ0) is 19.4. The van der Waals surface area contributed by atoms with Crippen molar-refractivity contribution in [3.05, 3.63) is 75.3 Å². The second-order valence-electron chi connectivity index (χ2n) is 5.42. The van der Waals surface area contributed by atoms with Crippen molar-refractivity contribution in [1.82, 2.24) is 10.9 Å². The van der Waals surface area contributed by atoms with Crippen molar-refractivity contribution in [3.63, 3.8) is 0 Å². The fourth-order valence-electron chi connectivity index (χ4n) is 2.28. The molecule has 2 N–H and O–H groups in total. The molecule has 3 aromatic rings. The van der Waals surface area contributed by atoms with E-state index in [4.69, 9.17) is 4.74 Å². The van der Waals surface area contributed by atoms with E-state index in [1.807, 2.05) is 0 Å². The van der Waals surface area contributed by atoms with Crippen LogP contribution in [0.3, 0.4) is 0 Å². The summed E-state index contributed by atoms with van der Waals surface area (Å²) in [5.41, 5.74) is 5.90. The van der Waals surface area contributed by atoms with Gasteiger partial charge in [0.15, 0.2) is 0 Å². The van der Waals surface area contributed by atoms with Crippen LogP contribution < -0.4 is 15.6 Å². The quantitative estimate of drug-likeness (QED) is 0.581. The van der Waals surface area contributed by atoms with E-state index in [0.29, 0.717) is 20.7 Å². The number of hydrogen-bond acceptors (Lipinski definition) is 4. The molecule has 0 aliphatic heterocycles. The summed E-state index contributed by atoms with van der Waals surface area (Å²) in [7, 11) is 1.50. The highest BCUT2D eigenvalue weighted by molar-refractivity contribution is 9.10. The number of ether oxygens (including phenoxy) is 1. The number of hydrogen-bond donors (Lipinski definition) is 2. The molecule has 5 nitrogen and oxygen atoms in total. The molecule has 0 bridgehead atoms. The van der Waals surface area contributed by atoms with Gasteiger partial charge < -0.3 is 4.74 Å². The van der Waals surface area contributed by atoms with Crippen molar-refractivity contribution in [3.8, 4) is 16.2 Å². The summed E-state index contributed by atoms with van der Waals surface area (Å²) in [5.74, 6) is -0.721. The normalized spacial score (nSPS) is 10.3. The van der Waals surface area contributed by atoms with Crippen molar-refractivity contribution in [2.75, 3.05) is 7.11 Å². The molecule has 0 spiro atoms. The highest BCUT2D eigenvalue weighted by Gasteiger charge is 2.14. The molecule has 0 saturated heterocycles. The molecule has 0 aliphatic rings. The standard InChI is InChI=1S/C19H14BrFN2O3S/c1-26-13-6-7-15(20)14(10-13)18(24)22-23-19(25)17-9-8-16(27-17)11-2-4-12(21)5-3-11/h2-10H,1H3,(H,22,24)(H,23,25). The van der Waals surface area contributed by atoms with Gasteiger partial charge in [-0.3, -0.25) is 20.4 Å². The molecule has 1 heterocycles. The van der Waals surface area contributed by atoms with E-state index < -0.39 is 11.8 Å². The summed E-state index contributed by atoms with van der Waals surface area (Å²) in [6.07, 6.45) is 0. The number of benzene rings is 2. The maximum Gasteiger partial charge on any atom is 0.279 e. The number of carbonyl (C=O) groups is 2. The average molecular weight is 449 g/mol. The predicted octanol–water partition coefficient (Wildman–Crippen LogP) is 4.40. The Morgan fingerprint density at radius 1 is 1.00 bits per heavy atom. The first-order valence-corrected chi connectivity index (χ1v) is 9.39. The van der Waals surface area contributed by atoms with Gasteiger partial charge in [0.2, 0.25) is 0 Å². The highest BCUT2D eigenvalue weighted by Crippen LogP contribution is 2.28. The minimum atomic E-state index is -0.482. The summed E-state index contributed by atoms with van der Waals surface area (Å²) in [4.78, 5) is 25.8. The van der Waals surface area contributed by atoms with Gasteiger partial charge in [-0.1, -0.05) is 12.1 Å². The maximum absolute atomic E-state index is 13.0. The summed E-state index contributed by atoms with van der Waals surface area (Å²) >= 11 is 4.53. The first-order chi connectivity index (χ1) is 13.0. The number of nitrogens with one attached hydrogen (secondary N) is 2. The summed E-state index contributed by atoms with van der Waals surface area (Å²) in [5, 5.41) is 0. The van der Waals surface area contributed by atoms with Crippen molar-refractivity contribution in [1.29, 1.82) is 0 Å². The van der Waals surface area contributed by atoms with Gasteiger partial charge in [-0.2, -0.15) is 0 Å². The van der Waals surface area contributed by atoms with E-state index in [2.05, 4.69) is 26.8 Å². The Hall–Kier alpha value is -2.71. The number of amides is 2. The van der Waals surface area contributed by atoms with Gasteiger partial charge >= 0.3 is 0 Å². The number of carbonyl (C=O) groups excluding carboxylic acids is 2. The van der Waals surface area contributed by atoms with Crippen LogP contribution in [0.2, 0.25) is 0 Å². The lowest BCUT2D eigenvalue weighted by Gasteiger charge is -2.09. The minimum Gasteiger partial charge on any atom is -0.497 e. The topological polar surface area (TPSA) is 67.4 Å². The minimum absolute atomic E-state index is 0.320. The Morgan fingerprint density at radius 2 is 1.70 bits per heavy atom. The molecule has 0 unspecified atom stereocenters. The lowest BCUT2D eigenvalue weighted by atomic mass is 10.2. The molecule has 27 heavy (non-hydrogen) atoms. The summed E-state index contributed by atoms with van der Waals surface area (Å²) in [6.45, 7) is 0.